The molecule has 2 aromatic carbocycles. The Morgan fingerprint density at radius 1 is 0.958 bits per heavy atom. The standard InChI is InChI=1S/C21H26N2O/c1-22(17-18-9-3-2-4-10-18)15-7-8-16-23-20-12-6-5-11-19(20)13-14-21(23)24/h2-6,9-12H,7-8,13-17H2,1H3. The molecule has 0 saturated carbocycles. The van der Waals surface area contributed by atoms with Crippen LogP contribution in [0.4, 0.5) is 5.69 Å². The van der Waals surface area contributed by atoms with Crippen LogP contribution in [0.2, 0.25) is 0 Å². The lowest BCUT2D eigenvalue weighted by atomic mass is 10.0. The van der Waals surface area contributed by atoms with Gasteiger partial charge in [-0.05, 0) is 50.0 Å². The van der Waals surface area contributed by atoms with E-state index in [9.17, 15) is 4.79 Å². The zero-order valence-electron chi connectivity index (χ0n) is 14.4. The van der Waals surface area contributed by atoms with E-state index in [1.54, 1.807) is 0 Å². The zero-order valence-corrected chi connectivity index (χ0v) is 14.4. The number of benzene rings is 2. The Labute approximate surface area is 144 Å². The van der Waals surface area contributed by atoms with Crippen molar-refractivity contribution in [3.05, 3.63) is 65.7 Å². The molecule has 0 N–H and O–H groups in total. The molecule has 0 aromatic heterocycles. The van der Waals surface area contributed by atoms with E-state index < -0.39 is 0 Å². The molecule has 0 saturated heterocycles. The lowest BCUT2D eigenvalue weighted by molar-refractivity contribution is -0.118. The molecule has 3 heteroatoms. The number of carbonyl (C=O) groups is 1. The fourth-order valence-corrected chi connectivity index (χ4v) is 3.37. The van der Waals surface area contributed by atoms with E-state index in [0.29, 0.717) is 6.42 Å². The van der Waals surface area contributed by atoms with Gasteiger partial charge in [0.05, 0.1) is 0 Å². The second kappa shape index (κ2) is 8.11. The molecule has 3 rings (SSSR count). The third-order valence-electron chi connectivity index (χ3n) is 4.66. The fraction of sp³-hybridized carbons (Fsp3) is 0.381. The number of amides is 1. The highest BCUT2D eigenvalue weighted by Gasteiger charge is 2.22. The largest absolute Gasteiger partial charge is 0.312 e. The maximum Gasteiger partial charge on any atom is 0.227 e. The fourth-order valence-electron chi connectivity index (χ4n) is 3.37. The van der Waals surface area contributed by atoms with Crippen molar-refractivity contribution in [2.75, 3.05) is 25.0 Å². The molecular formula is C21H26N2O. The summed E-state index contributed by atoms with van der Waals surface area (Å²) in [5.41, 5.74) is 3.77. The van der Waals surface area contributed by atoms with E-state index >= 15 is 0 Å². The number of nitrogens with zero attached hydrogens (tertiary/aromatic N) is 2. The quantitative estimate of drug-likeness (QED) is 0.722. The number of para-hydroxylation sites is 1. The van der Waals surface area contributed by atoms with E-state index in [2.05, 4.69) is 60.5 Å². The molecule has 0 spiro atoms. The molecule has 126 valence electrons. The van der Waals surface area contributed by atoms with E-state index in [4.69, 9.17) is 0 Å². The first-order valence-electron chi connectivity index (χ1n) is 8.85. The maximum atomic E-state index is 12.2. The van der Waals surface area contributed by atoms with Crippen LogP contribution < -0.4 is 4.90 Å². The van der Waals surface area contributed by atoms with Gasteiger partial charge in [0.1, 0.15) is 0 Å². The van der Waals surface area contributed by atoms with Crippen LogP contribution in [0.3, 0.4) is 0 Å². The van der Waals surface area contributed by atoms with Gasteiger partial charge < -0.3 is 9.80 Å². The van der Waals surface area contributed by atoms with Crippen molar-refractivity contribution in [2.24, 2.45) is 0 Å². The minimum Gasteiger partial charge on any atom is -0.312 e. The SMILES string of the molecule is CN(CCCCN1C(=O)CCc2ccccc21)Cc1ccccc1. The molecule has 3 nitrogen and oxygen atoms in total. The summed E-state index contributed by atoms with van der Waals surface area (Å²) in [5, 5.41) is 0. The van der Waals surface area contributed by atoms with Crippen LogP contribution >= 0.6 is 0 Å². The van der Waals surface area contributed by atoms with E-state index in [0.717, 1.165) is 44.6 Å². The molecule has 0 bridgehead atoms. The molecule has 0 radical (unpaired) electrons. The van der Waals surface area contributed by atoms with Gasteiger partial charge in [-0.25, -0.2) is 0 Å². The Morgan fingerprint density at radius 2 is 1.71 bits per heavy atom. The van der Waals surface area contributed by atoms with E-state index in [1.807, 2.05) is 11.0 Å². The molecule has 0 aliphatic carbocycles. The Bertz CT molecular complexity index is 669. The molecule has 0 unspecified atom stereocenters. The lowest BCUT2D eigenvalue weighted by Crippen LogP contribution is -2.36. The van der Waals surface area contributed by atoms with Gasteiger partial charge in [0, 0.05) is 25.2 Å². The third-order valence-corrected chi connectivity index (χ3v) is 4.66. The molecule has 1 aliphatic heterocycles. The van der Waals surface area contributed by atoms with Gasteiger partial charge >= 0.3 is 0 Å². The van der Waals surface area contributed by atoms with Gasteiger partial charge in [-0.1, -0.05) is 48.5 Å². The number of hydrogen-bond donors (Lipinski definition) is 0. The minimum absolute atomic E-state index is 0.270. The normalized spacial score (nSPS) is 14.1. The summed E-state index contributed by atoms with van der Waals surface area (Å²) in [6.45, 7) is 2.86. The minimum atomic E-state index is 0.270. The topological polar surface area (TPSA) is 23.6 Å². The van der Waals surface area contributed by atoms with Gasteiger partial charge in [0.25, 0.3) is 0 Å². The van der Waals surface area contributed by atoms with Gasteiger partial charge in [0.15, 0.2) is 0 Å². The first-order valence-corrected chi connectivity index (χ1v) is 8.85. The monoisotopic (exact) mass is 322 g/mol. The highest BCUT2D eigenvalue weighted by molar-refractivity contribution is 5.96. The lowest BCUT2D eigenvalue weighted by Gasteiger charge is -2.29. The number of unbranched alkanes of at least 4 members (excludes halogenated alkanes) is 1. The van der Waals surface area contributed by atoms with Gasteiger partial charge in [-0.2, -0.15) is 0 Å². The molecule has 0 atom stereocenters. The predicted molar refractivity (Wildman–Crippen MR) is 99.1 cm³/mol. The highest BCUT2D eigenvalue weighted by Crippen LogP contribution is 2.27. The number of rotatable bonds is 7. The summed E-state index contributed by atoms with van der Waals surface area (Å²) in [6, 6.07) is 18.9. The number of fused-ring (bicyclic) bond motifs is 1. The highest BCUT2D eigenvalue weighted by atomic mass is 16.2. The first-order chi connectivity index (χ1) is 11.7. The average molecular weight is 322 g/mol. The van der Waals surface area contributed by atoms with Crippen LogP contribution in [0.5, 0.6) is 0 Å². The summed E-state index contributed by atoms with van der Waals surface area (Å²) >= 11 is 0. The van der Waals surface area contributed by atoms with Crippen LogP contribution in [-0.2, 0) is 17.8 Å². The molecule has 1 aliphatic rings. The molecule has 2 aromatic rings. The van der Waals surface area contributed by atoms with Crippen LogP contribution in [0.1, 0.15) is 30.4 Å². The van der Waals surface area contributed by atoms with Crippen molar-refractivity contribution in [3.63, 3.8) is 0 Å². The van der Waals surface area contributed by atoms with E-state index in [1.165, 1.54) is 11.1 Å². The summed E-state index contributed by atoms with van der Waals surface area (Å²) < 4.78 is 0. The van der Waals surface area contributed by atoms with Crippen LogP contribution in [0.15, 0.2) is 54.6 Å². The van der Waals surface area contributed by atoms with Gasteiger partial charge in [-0.15, -0.1) is 0 Å². The maximum absolute atomic E-state index is 12.2. The van der Waals surface area contributed by atoms with Gasteiger partial charge in [-0.3, -0.25) is 4.79 Å². The average Bonchev–Trinajstić information content (AvgIpc) is 2.61. The summed E-state index contributed by atoms with van der Waals surface area (Å²) in [4.78, 5) is 16.6. The number of carbonyl (C=O) groups excluding carboxylic acids is 1. The number of aryl methyl sites for hydroxylation is 1. The Kier molecular flexibility index (Phi) is 5.65. The molecule has 1 heterocycles. The van der Waals surface area contributed by atoms with Crippen molar-refractivity contribution in [3.8, 4) is 0 Å². The Hall–Kier alpha value is -2.13. The number of anilines is 1. The smallest absolute Gasteiger partial charge is 0.227 e. The summed E-state index contributed by atoms with van der Waals surface area (Å²) in [7, 11) is 2.16. The van der Waals surface area contributed by atoms with Crippen LogP contribution in [-0.4, -0.2) is 30.9 Å². The van der Waals surface area contributed by atoms with Crippen molar-refractivity contribution in [1.29, 1.82) is 0 Å². The molecule has 0 fully saturated rings. The second-order valence-electron chi connectivity index (χ2n) is 6.60. The predicted octanol–water partition coefficient (Wildman–Crippen LogP) is 3.88. The van der Waals surface area contributed by atoms with Crippen molar-refractivity contribution < 1.29 is 4.79 Å². The Balaban J connectivity index is 1.46. The van der Waals surface area contributed by atoms with E-state index in [-0.39, 0.29) is 5.91 Å². The second-order valence-corrected chi connectivity index (χ2v) is 6.60. The summed E-state index contributed by atoms with van der Waals surface area (Å²) in [6.07, 6.45) is 3.67. The molecule has 24 heavy (non-hydrogen) atoms. The van der Waals surface area contributed by atoms with Crippen molar-refractivity contribution >= 4 is 11.6 Å². The Morgan fingerprint density at radius 3 is 2.54 bits per heavy atom. The first kappa shape index (κ1) is 16.7. The molecule has 1 amide bonds. The zero-order chi connectivity index (χ0) is 16.8. The van der Waals surface area contributed by atoms with Crippen molar-refractivity contribution in [1.82, 2.24) is 4.90 Å². The van der Waals surface area contributed by atoms with Crippen LogP contribution in [0.25, 0.3) is 0 Å². The van der Waals surface area contributed by atoms with Gasteiger partial charge in [0.2, 0.25) is 5.91 Å². The van der Waals surface area contributed by atoms with Crippen LogP contribution in [0, 0.1) is 0 Å². The third kappa shape index (κ3) is 4.24. The number of hydrogen-bond acceptors (Lipinski definition) is 2. The molecular weight excluding hydrogens is 296 g/mol. The summed E-state index contributed by atoms with van der Waals surface area (Å²) in [5.74, 6) is 0.270. The van der Waals surface area contributed by atoms with Crippen molar-refractivity contribution in [2.45, 2.75) is 32.2 Å².